The predicted octanol–water partition coefficient (Wildman–Crippen LogP) is 2.73. The second kappa shape index (κ2) is 10.0. The first-order chi connectivity index (χ1) is 15.7. The van der Waals surface area contributed by atoms with E-state index >= 15 is 0 Å². The van der Waals surface area contributed by atoms with E-state index in [1.807, 2.05) is 0 Å². The van der Waals surface area contributed by atoms with Crippen LogP contribution in [0, 0.1) is 0 Å². The van der Waals surface area contributed by atoms with E-state index in [0.717, 1.165) is 4.90 Å². The van der Waals surface area contributed by atoms with E-state index in [4.69, 9.17) is 26.2 Å². The number of halogens is 1. The second-order valence-electron chi connectivity index (χ2n) is 6.94. The normalized spacial score (nSPS) is 15.2. The average molecular weight is 474 g/mol. The molecule has 1 unspecified atom stereocenters. The van der Waals surface area contributed by atoms with Crippen LogP contribution < -0.4 is 20.1 Å². The van der Waals surface area contributed by atoms with E-state index in [2.05, 4.69) is 10.6 Å². The van der Waals surface area contributed by atoms with E-state index in [1.165, 1.54) is 32.2 Å². The summed E-state index contributed by atoms with van der Waals surface area (Å²) in [7, 11) is 1.38. The summed E-state index contributed by atoms with van der Waals surface area (Å²) in [5.41, 5.74) is 0.922. The summed E-state index contributed by atoms with van der Waals surface area (Å²) in [6, 6.07) is 10.2. The van der Waals surface area contributed by atoms with Crippen LogP contribution in [0.15, 0.2) is 48.2 Å². The molecule has 3 N–H and O–H groups in total. The number of anilines is 1. The third kappa shape index (κ3) is 5.80. The maximum Gasteiger partial charge on any atom is 0.344 e. The van der Waals surface area contributed by atoms with Gasteiger partial charge in [0.05, 0.1) is 7.11 Å². The molecule has 1 aliphatic heterocycles. The summed E-state index contributed by atoms with van der Waals surface area (Å²) >= 11 is 5.81. The third-order valence-electron chi connectivity index (χ3n) is 4.54. The van der Waals surface area contributed by atoms with Crippen molar-refractivity contribution >= 4 is 47.2 Å². The maximum absolute atomic E-state index is 12.7. The van der Waals surface area contributed by atoms with Crippen LogP contribution in [0.3, 0.4) is 0 Å². The van der Waals surface area contributed by atoms with Crippen LogP contribution in [-0.2, 0) is 14.4 Å². The number of methoxy groups -OCH3 is 1. The zero-order valence-corrected chi connectivity index (χ0v) is 18.4. The Hall–Kier alpha value is -4.05. The first-order valence-electron chi connectivity index (χ1n) is 9.65. The minimum atomic E-state index is -1.14. The van der Waals surface area contributed by atoms with E-state index in [-0.39, 0.29) is 17.2 Å². The number of carbonyl (C=O) groups is 4. The van der Waals surface area contributed by atoms with Crippen molar-refractivity contribution in [3.63, 3.8) is 0 Å². The molecule has 1 aliphatic rings. The van der Waals surface area contributed by atoms with Gasteiger partial charge in [-0.05, 0) is 55.0 Å². The highest BCUT2D eigenvalue weighted by molar-refractivity contribution is 6.30. The van der Waals surface area contributed by atoms with Crippen LogP contribution in [0.25, 0.3) is 6.08 Å². The Kier molecular flexibility index (Phi) is 7.19. The number of hydrogen-bond donors (Lipinski definition) is 3. The molecule has 0 bridgehead atoms. The lowest BCUT2D eigenvalue weighted by atomic mass is 10.1. The van der Waals surface area contributed by atoms with Crippen molar-refractivity contribution in [2.45, 2.75) is 13.0 Å². The molecule has 4 amide bonds. The summed E-state index contributed by atoms with van der Waals surface area (Å²) in [5, 5.41) is 14.5. The van der Waals surface area contributed by atoms with Gasteiger partial charge in [0, 0.05) is 10.7 Å². The standard InChI is InChI=1S/C22H20ClN3O7/c1-12(21(29)30)33-17-8-3-13(10-18(17)32-2)9-16-20(28)26(22(31)25-16)11-19(27)24-15-6-4-14(23)5-7-15/h3-10,12H,11H2,1-2H3,(H,24,27)(H,25,31)(H,29,30). The van der Waals surface area contributed by atoms with E-state index in [1.54, 1.807) is 30.3 Å². The van der Waals surface area contributed by atoms with Crippen LogP contribution >= 0.6 is 11.6 Å². The van der Waals surface area contributed by atoms with Crippen molar-refractivity contribution in [2.75, 3.05) is 19.0 Å². The smallest absolute Gasteiger partial charge is 0.344 e. The summed E-state index contributed by atoms with van der Waals surface area (Å²) in [6.45, 7) is 0.899. The van der Waals surface area contributed by atoms with Gasteiger partial charge in [-0.15, -0.1) is 0 Å². The number of benzene rings is 2. The highest BCUT2D eigenvalue weighted by atomic mass is 35.5. The van der Waals surface area contributed by atoms with Gasteiger partial charge in [0.1, 0.15) is 12.2 Å². The molecule has 0 aromatic heterocycles. The Morgan fingerprint density at radius 3 is 2.52 bits per heavy atom. The Morgan fingerprint density at radius 2 is 1.88 bits per heavy atom. The molecule has 3 rings (SSSR count). The molecule has 0 spiro atoms. The topological polar surface area (TPSA) is 134 Å². The number of nitrogens with one attached hydrogen (secondary N) is 2. The minimum Gasteiger partial charge on any atom is -0.493 e. The number of carbonyl (C=O) groups excluding carboxylic acids is 3. The van der Waals surface area contributed by atoms with Crippen molar-refractivity contribution in [2.24, 2.45) is 0 Å². The van der Waals surface area contributed by atoms with Crippen molar-refractivity contribution in [3.05, 3.63) is 58.7 Å². The number of nitrogens with zero attached hydrogens (tertiary/aromatic N) is 1. The van der Waals surface area contributed by atoms with Crippen LogP contribution in [0.5, 0.6) is 11.5 Å². The lowest BCUT2D eigenvalue weighted by molar-refractivity contribution is -0.144. The minimum absolute atomic E-state index is 0.0334. The van der Waals surface area contributed by atoms with Gasteiger partial charge in [-0.2, -0.15) is 0 Å². The highest BCUT2D eigenvalue weighted by Crippen LogP contribution is 2.30. The fourth-order valence-corrected chi connectivity index (χ4v) is 3.00. The number of ether oxygens (including phenoxy) is 2. The number of carboxylic acid groups (broad SMARTS) is 1. The molecule has 172 valence electrons. The SMILES string of the molecule is COc1cc(C=C2NC(=O)N(CC(=O)Nc3ccc(Cl)cc3)C2=O)ccc1OC(C)C(=O)O. The molecule has 1 saturated heterocycles. The molecule has 0 radical (unpaired) electrons. The summed E-state index contributed by atoms with van der Waals surface area (Å²) in [5.74, 6) is -1.92. The van der Waals surface area contributed by atoms with Crippen LogP contribution in [0.4, 0.5) is 10.5 Å². The Bertz CT molecular complexity index is 1130. The molecule has 2 aromatic rings. The van der Waals surface area contributed by atoms with E-state index < -0.39 is 36.5 Å². The third-order valence-corrected chi connectivity index (χ3v) is 4.79. The zero-order valence-electron chi connectivity index (χ0n) is 17.6. The van der Waals surface area contributed by atoms with Gasteiger partial charge >= 0.3 is 12.0 Å². The average Bonchev–Trinajstić information content (AvgIpc) is 3.03. The number of urea groups is 1. The van der Waals surface area contributed by atoms with Gasteiger partial charge in [0.2, 0.25) is 5.91 Å². The van der Waals surface area contributed by atoms with Gasteiger partial charge in [-0.3, -0.25) is 9.59 Å². The first kappa shape index (κ1) is 23.6. The Morgan fingerprint density at radius 1 is 1.18 bits per heavy atom. The number of imide groups is 1. The largest absolute Gasteiger partial charge is 0.493 e. The van der Waals surface area contributed by atoms with Gasteiger partial charge < -0.3 is 25.2 Å². The van der Waals surface area contributed by atoms with Gasteiger partial charge in [0.15, 0.2) is 17.6 Å². The van der Waals surface area contributed by atoms with E-state index in [0.29, 0.717) is 16.3 Å². The lowest BCUT2D eigenvalue weighted by Crippen LogP contribution is -2.38. The Labute approximate surface area is 193 Å². The van der Waals surface area contributed by atoms with E-state index in [9.17, 15) is 19.2 Å². The summed E-state index contributed by atoms with van der Waals surface area (Å²) < 4.78 is 10.6. The zero-order chi connectivity index (χ0) is 24.1. The molecule has 1 fully saturated rings. The fourth-order valence-electron chi connectivity index (χ4n) is 2.87. The molecule has 1 heterocycles. The number of carboxylic acids is 1. The number of rotatable bonds is 8. The van der Waals surface area contributed by atoms with Crippen molar-refractivity contribution in [1.29, 1.82) is 0 Å². The molecule has 1 atom stereocenters. The van der Waals surface area contributed by atoms with Gasteiger partial charge in [-0.25, -0.2) is 14.5 Å². The van der Waals surface area contributed by atoms with Crippen molar-refractivity contribution in [1.82, 2.24) is 10.2 Å². The van der Waals surface area contributed by atoms with Crippen molar-refractivity contribution in [3.8, 4) is 11.5 Å². The van der Waals surface area contributed by atoms with Crippen LogP contribution in [-0.4, -0.2) is 53.6 Å². The molecule has 10 nitrogen and oxygen atoms in total. The number of amides is 4. The molecule has 11 heteroatoms. The van der Waals surface area contributed by atoms with Crippen LogP contribution in [0.2, 0.25) is 5.02 Å². The molecule has 2 aromatic carbocycles. The second-order valence-corrected chi connectivity index (χ2v) is 7.38. The quantitative estimate of drug-likeness (QED) is 0.396. The number of aliphatic carboxylic acids is 1. The van der Waals surface area contributed by atoms with Gasteiger partial charge in [0.25, 0.3) is 5.91 Å². The van der Waals surface area contributed by atoms with Crippen LogP contribution in [0.1, 0.15) is 12.5 Å². The summed E-state index contributed by atoms with van der Waals surface area (Å²) in [6.07, 6.45) is 0.316. The molecule has 33 heavy (non-hydrogen) atoms. The monoisotopic (exact) mass is 473 g/mol. The number of hydrogen-bond acceptors (Lipinski definition) is 6. The van der Waals surface area contributed by atoms with Gasteiger partial charge in [-0.1, -0.05) is 17.7 Å². The predicted molar refractivity (Wildman–Crippen MR) is 119 cm³/mol. The molecule has 0 aliphatic carbocycles. The Balaban J connectivity index is 1.71. The summed E-state index contributed by atoms with van der Waals surface area (Å²) in [4.78, 5) is 48.9. The maximum atomic E-state index is 12.7. The highest BCUT2D eigenvalue weighted by Gasteiger charge is 2.35. The molecular weight excluding hydrogens is 454 g/mol. The molecular formula is C22H20ClN3O7. The van der Waals surface area contributed by atoms with Crippen molar-refractivity contribution < 1.29 is 33.8 Å². The first-order valence-corrected chi connectivity index (χ1v) is 10.0. The molecule has 0 saturated carbocycles. The lowest BCUT2D eigenvalue weighted by Gasteiger charge is -2.14. The fraction of sp³-hybridized carbons (Fsp3) is 0.182.